The Morgan fingerprint density at radius 1 is 1.34 bits per heavy atom. The number of tetrazole rings is 1. The number of nitrogens with one attached hydrogen (secondary N) is 2. The summed E-state index contributed by atoms with van der Waals surface area (Å²) in [6.07, 6.45) is 1.77. The van der Waals surface area contributed by atoms with E-state index in [2.05, 4.69) is 30.2 Å². The van der Waals surface area contributed by atoms with Gasteiger partial charge in [-0.1, -0.05) is 0 Å². The molecule has 13 heteroatoms. The minimum Gasteiger partial charge on any atom is -0.396 e. The Kier molecular flexibility index (Phi) is 7.94. The van der Waals surface area contributed by atoms with Gasteiger partial charge in [-0.15, -0.1) is 10.2 Å². The van der Waals surface area contributed by atoms with Gasteiger partial charge in [-0.05, 0) is 48.1 Å². The zero-order chi connectivity index (χ0) is 20.8. The van der Waals surface area contributed by atoms with Crippen molar-refractivity contribution in [3.05, 3.63) is 12.1 Å². The molecule has 9 N–H and O–H groups in total. The second-order valence-corrected chi connectivity index (χ2v) is 8.67. The highest BCUT2D eigenvalue weighted by atomic mass is 32.2. The molecular formula is C16H27N9O2S2. The second-order valence-electron chi connectivity index (χ2n) is 6.81. The van der Waals surface area contributed by atoms with Gasteiger partial charge in [0.25, 0.3) is 0 Å². The third-order valence-corrected chi connectivity index (χ3v) is 7.12. The summed E-state index contributed by atoms with van der Waals surface area (Å²) in [6.45, 7) is 2.30. The molecule has 1 aliphatic heterocycles. The first-order valence-electron chi connectivity index (χ1n) is 9.34. The van der Waals surface area contributed by atoms with Crippen molar-refractivity contribution >= 4 is 28.6 Å². The molecule has 3 rings (SSSR count). The maximum atomic E-state index is 13.0. The molecule has 11 nitrogen and oxygen atoms in total. The summed E-state index contributed by atoms with van der Waals surface area (Å²) in [5, 5.41) is 29.8. The Morgan fingerprint density at radius 3 is 2.62 bits per heavy atom. The maximum Gasteiger partial charge on any atom is 0.207 e. The van der Waals surface area contributed by atoms with Gasteiger partial charge in [0.15, 0.2) is 0 Å². The number of nitrogens with two attached hydrogens (primary N) is 3. The summed E-state index contributed by atoms with van der Waals surface area (Å²) in [7, 11) is -1.57. The third-order valence-electron chi connectivity index (χ3n) is 5.04. The van der Waals surface area contributed by atoms with Crippen LogP contribution in [0.5, 0.6) is 0 Å². The Balaban J connectivity index is 2.01. The Labute approximate surface area is 175 Å². The van der Waals surface area contributed by atoms with Gasteiger partial charge >= 0.3 is 0 Å². The van der Waals surface area contributed by atoms with Crippen molar-refractivity contribution in [1.29, 1.82) is 0 Å². The summed E-state index contributed by atoms with van der Waals surface area (Å²) in [5.74, 6) is 0.689. The zero-order valence-electron chi connectivity index (χ0n) is 16.0. The summed E-state index contributed by atoms with van der Waals surface area (Å²) < 4.78 is 15.9. The standard InChI is InChI=1S/C16H27N9O2S2/c17-7-11(8-18)22-29(27)13-2-1-12(25-5-3-10(9-26)4-6-25)14(15(13)28-19)16-20-23-24-21-16/h1-2,10-11,22,26H,3-9,17-19H2,(H,20,21,23,24). The number of H-pyrrole nitrogens is 1. The molecule has 1 saturated heterocycles. The van der Waals surface area contributed by atoms with E-state index >= 15 is 0 Å². The summed E-state index contributed by atoms with van der Waals surface area (Å²) >= 11 is 0.990. The number of rotatable bonds is 9. The van der Waals surface area contributed by atoms with Crippen LogP contribution in [0.15, 0.2) is 21.9 Å². The topological polar surface area (TPSA) is 185 Å². The number of benzene rings is 1. The van der Waals surface area contributed by atoms with Crippen LogP contribution >= 0.6 is 11.9 Å². The molecule has 29 heavy (non-hydrogen) atoms. The van der Waals surface area contributed by atoms with E-state index in [1.807, 2.05) is 6.07 Å². The number of aliphatic hydroxyl groups is 1. The van der Waals surface area contributed by atoms with Gasteiger partial charge in [0.05, 0.1) is 15.4 Å². The molecule has 0 amide bonds. The lowest BCUT2D eigenvalue weighted by molar-refractivity contribution is 0.203. The number of nitrogens with zero attached hydrogens (tertiary/aromatic N) is 4. The highest BCUT2D eigenvalue weighted by Gasteiger charge is 2.27. The molecule has 1 aromatic carbocycles. The molecule has 1 fully saturated rings. The van der Waals surface area contributed by atoms with Crippen LogP contribution in [-0.4, -0.2) is 68.8 Å². The van der Waals surface area contributed by atoms with Crippen LogP contribution in [0.25, 0.3) is 11.4 Å². The Morgan fingerprint density at radius 2 is 2.07 bits per heavy atom. The van der Waals surface area contributed by atoms with E-state index in [-0.39, 0.29) is 25.7 Å². The molecule has 0 spiro atoms. The second kappa shape index (κ2) is 10.4. The van der Waals surface area contributed by atoms with Crippen LogP contribution in [0, 0.1) is 5.92 Å². The van der Waals surface area contributed by atoms with Crippen LogP contribution in [0.4, 0.5) is 5.69 Å². The monoisotopic (exact) mass is 441 g/mol. The molecule has 1 unspecified atom stereocenters. The Bertz CT molecular complexity index is 809. The van der Waals surface area contributed by atoms with Crippen molar-refractivity contribution in [1.82, 2.24) is 25.3 Å². The average Bonchev–Trinajstić information content (AvgIpc) is 3.30. The van der Waals surface area contributed by atoms with E-state index < -0.39 is 11.0 Å². The summed E-state index contributed by atoms with van der Waals surface area (Å²) in [5.41, 5.74) is 12.9. The van der Waals surface area contributed by atoms with Gasteiger partial charge in [-0.3, -0.25) is 5.14 Å². The average molecular weight is 442 g/mol. The predicted molar refractivity (Wildman–Crippen MR) is 113 cm³/mol. The molecule has 0 radical (unpaired) electrons. The van der Waals surface area contributed by atoms with Crippen LogP contribution in [0.1, 0.15) is 12.8 Å². The van der Waals surface area contributed by atoms with Crippen molar-refractivity contribution in [3.8, 4) is 11.4 Å². The van der Waals surface area contributed by atoms with E-state index in [9.17, 15) is 9.32 Å². The van der Waals surface area contributed by atoms with E-state index in [0.717, 1.165) is 43.6 Å². The fraction of sp³-hybridized carbons (Fsp3) is 0.562. The molecule has 2 heterocycles. The lowest BCUT2D eigenvalue weighted by Crippen LogP contribution is -2.42. The lowest BCUT2D eigenvalue weighted by atomic mass is 9.97. The molecule has 1 atom stereocenters. The molecule has 1 aliphatic rings. The molecule has 0 aliphatic carbocycles. The number of aromatic amines is 1. The van der Waals surface area contributed by atoms with Gasteiger partial charge in [0.2, 0.25) is 5.82 Å². The Hall–Kier alpha value is -1.61. The molecule has 160 valence electrons. The maximum absolute atomic E-state index is 13.0. The third kappa shape index (κ3) is 4.94. The van der Waals surface area contributed by atoms with E-state index in [0.29, 0.717) is 27.1 Å². The minimum absolute atomic E-state index is 0.197. The van der Waals surface area contributed by atoms with Gasteiger partial charge in [-0.25, -0.2) is 8.93 Å². The number of hydrogen-bond acceptors (Lipinski definition) is 10. The molecule has 0 bridgehead atoms. The van der Waals surface area contributed by atoms with Crippen molar-refractivity contribution in [3.63, 3.8) is 0 Å². The van der Waals surface area contributed by atoms with Gasteiger partial charge < -0.3 is 21.5 Å². The fourth-order valence-electron chi connectivity index (χ4n) is 3.33. The normalized spacial score (nSPS) is 16.5. The van der Waals surface area contributed by atoms with Crippen molar-refractivity contribution in [2.24, 2.45) is 22.5 Å². The van der Waals surface area contributed by atoms with Gasteiger partial charge in [0, 0.05) is 44.5 Å². The van der Waals surface area contributed by atoms with Crippen LogP contribution in [-0.2, 0) is 11.0 Å². The number of aromatic nitrogens is 4. The van der Waals surface area contributed by atoms with Crippen molar-refractivity contribution in [2.45, 2.75) is 28.7 Å². The number of hydrogen-bond donors (Lipinski definition) is 6. The number of aliphatic hydroxyl groups excluding tert-OH is 1. The molecule has 0 saturated carbocycles. The molecule has 2 aromatic rings. The zero-order valence-corrected chi connectivity index (χ0v) is 17.6. The minimum atomic E-state index is -1.57. The first kappa shape index (κ1) is 22.1. The first-order chi connectivity index (χ1) is 14.1. The highest BCUT2D eigenvalue weighted by Crippen LogP contribution is 2.40. The smallest absolute Gasteiger partial charge is 0.207 e. The van der Waals surface area contributed by atoms with E-state index in [4.69, 9.17) is 16.6 Å². The predicted octanol–water partition coefficient (Wildman–Crippen LogP) is -1.06. The fourth-order valence-corrected chi connectivity index (χ4v) is 5.28. The van der Waals surface area contributed by atoms with Gasteiger partial charge in [0.1, 0.15) is 11.0 Å². The van der Waals surface area contributed by atoms with Crippen molar-refractivity contribution < 1.29 is 9.32 Å². The number of anilines is 1. The SMILES string of the molecule is NCC(CN)NS(=O)c1ccc(N2CCC(CO)CC2)c(-c2nn[nH]n2)c1SN. The lowest BCUT2D eigenvalue weighted by Gasteiger charge is -2.34. The number of piperidine rings is 1. The highest BCUT2D eigenvalue weighted by molar-refractivity contribution is 7.97. The van der Waals surface area contributed by atoms with E-state index in [1.54, 1.807) is 6.07 Å². The largest absolute Gasteiger partial charge is 0.396 e. The van der Waals surface area contributed by atoms with Crippen LogP contribution < -0.4 is 26.2 Å². The summed E-state index contributed by atoms with van der Waals surface area (Å²) in [6, 6.07) is 3.41. The van der Waals surface area contributed by atoms with Crippen molar-refractivity contribution in [2.75, 3.05) is 37.7 Å². The van der Waals surface area contributed by atoms with E-state index in [1.165, 1.54) is 0 Å². The quantitative estimate of drug-likeness (QED) is 0.262. The van der Waals surface area contributed by atoms with Crippen LogP contribution in [0.2, 0.25) is 0 Å². The van der Waals surface area contributed by atoms with Gasteiger partial charge in [-0.2, -0.15) is 5.21 Å². The molecule has 1 aromatic heterocycles. The summed E-state index contributed by atoms with van der Waals surface area (Å²) in [4.78, 5) is 3.32. The molecular weight excluding hydrogens is 414 g/mol. The van der Waals surface area contributed by atoms with Crippen LogP contribution in [0.3, 0.4) is 0 Å². The first-order valence-corrected chi connectivity index (χ1v) is 11.4.